The van der Waals surface area contributed by atoms with Crippen LogP contribution in [0.1, 0.15) is 36.5 Å². The molecule has 0 heterocycles. The topological polar surface area (TPSA) is 20.2 Å². The fraction of sp³-hybridized carbons (Fsp3) is 0.333. The van der Waals surface area contributed by atoms with Gasteiger partial charge in [-0.3, -0.25) is 0 Å². The van der Waals surface area contributed by atoms with Crippen LogP contribution in [-0.4, -0.2) is 5.11 Å². The van der Waals surface area contributed by atoms with Gasteiger partial charge in [-0.05, 0) is 30.4 Å². The largest absolute Gasteiger partial charge is 0.388 e. The van der Waals surface area contributed by atoms with Gasteiger partial charge in [0.15, 0.2) is 0 Å². The average molecular weight is 174 g/mol. The van der Waals surface area contributed by atoms with Crippen molar-refractivity contribution in [1.29, 1.82) is 0 Å². The summed E-state index contributed by atoms with van der Waals surface area (Å²) in [5, 5.41) is 9.83. The van der Waals surface area contributed by atoms with E-state index in [0.29, 0.717) is 0 Å². The van der Waals surface area contributed by atoms with E-state index in [4.69, 9.17) is 0 Å². The smallest absolute Gasteiger partial charge is 0.0795 e. The van der Waals surface area contributed by atoms with Crippen molar-refractivity contribution < 1.29 is 5.11 Å². The number of allylic oxidation sites excluding steroid dienone is 1. The fourth-order valence-corrected chi connectivity index (χ4v) is 1.76. The van der Waals surface area contributed by atoms with Crippen LogP contribution in [0.5, 0.6) is 0 Å². The second-order valence-electron chi connectivity index (χ2n) is 3.48. The minimum Gasteiger partial charge on any atom is -0.388 e. The van der Waals surface area contributed by atoms with Gasteiger partial charge in [0.2, 0.25) is 0 Å². The standard InChI is InChI=1S/C12H14O/c13-12-9-3-1-2-6-10-7-4-5-8-11(10)12/h2,4-8,12-13H,1,3,9H2. The van der Waals surface area contributed by atoms with Crippen molar-refractivity contribution in [3.05, 3.63) is 41.5 Å². The van der Waals surface area contributed by atoms with Gasteiger partial charge in [-0.1, -0.05) is 36.4 Å². The molecule has 0 aliphatic heterocycles. The molecule has 1 aliphatic carbocycles. The maximum atomic E-state index is 9.83. The van der Waals surface area contributed by atoms with E-state index >= 15 is 0 Å². The molecule has 2 rings (SSSR count). The zero-order valence-corrected chi connectivity index (χ0v) is 7.61. The highest BCUT2D eigenvalue weighted by molar-refractivity contribution is 5.54. The zero-order valence-electron chi connectivity index (χ0n) is 7.61. The van der Waals surface area contributed by atoms with Crippen molar-refractivity contribution in [3.63, 3.8) is 0 Å². The van der Waals surface area contributed by atoms with E-state index < -0.39 is 0 Å². The number of aliphatic hydroxyl groups excluding tert-OH is 1. The van der Waals surface area contributed by atoms with Gasteiger partial charge in [0.1, 0.15) is 0 Å². The molecule has 0 spiro atoms. The predicted octanol–water partition coefficient (Wildman–Crippen LogP) is 2.92. The van der Waals surface area contributed by atoms with Crippen LogP contribution < -0.4 is 0 Å². The Bertz CT molecular complexity index is 315. The number of benzene rings is 1. The summed E-state index contributed by atoms with van der Waals surface area (Å²) in [5.41, 5.74) is 2.23. The molecule has 0 saturated heterocycles. The Balaban J connectivity index is 2.43. The molecule has 13 heavy (non-hydrogen) atoms. The lowest BCUT2D eigenvalue weighted by atomic mass is 9.95. The van der Waals surface area contributed by atoms with Gasteiger partial charge < -0.3 is 5.11 Å². The molecule has 1 aliphatic rings. The van der Waals surface area contributed by atoms with Crippen molar-refractivity contribution in [1.82, 2.24) is 0 Å². The molecule has 1 nitrogen and oxygen atoms in total. The fourth-order valence-electron chi connectivity index (χ4n) is 1.76. The summed E-state index contributed by atoms with van der Waals surface area (Å²) in [6.45, 7) is 0. The summed E-state index contributed by atoms with van der Waals surface area (Å²) in [4.78, 5) is 0. The minimum atomic E-state index is -0.277. The third kappa shape index (κ3) is 1.81. The van der Waals surface area contributed by atoms with E-state index in [-0.39, 0.29) is 6.10 Å². The highest BCUT2D eigenvalue weighted by atomic mass is 16.3. The molecule has 1 aromatic carbocycles. The molecule has 1 aromatic rings. The summed E-state index contributed by atoms with van der Waals surface area (Å²) >= 11 is 0. The summed E-state index contributed by atoms with van der Waals surface area (Å²) in [6, 6.07) is 8.06. The molecule has 1 N–H and O–H groups in total. The van der Waals surface area contributed by atoms with E-state index in [9.17, 15) is 5.11 Å². The summed E-state index contributed by atoms with van der Waals surface area (Å²) in [7, 11) is 0. The lowest BCUT2D eigenvalue weighted by Crippen LogP contribution is -2.01. The number of rotatable bonds is 0. The van der Waals surface area contributed by atoms with Crippen LogP contribution in [0.2, 0.25) is 0 Å². The average Bonchev–Trinajstić information content (AvgIpc) is 2.14. The van der Waals surface area contributed by atoms with Crippen LogP contribution in [0.4, 0.5) is 0 Å². The highest BCUT2D eigenvalue weighted by Crippen LogP contribution is 2.26. The van der Waals surface area contributed by atoms with Gasteiger partial charge in [0, 0.05) is 0 Å². The van der Waals surface area contributed by atoms with Gasteiger partial charge in [-0.2, -0.15) is 0 Å². The van der Waals surface area contributed by atoms with Crippen LogP contribution >= 0.6 is 0 Å². The number of aliphatic hydroxyl groups is 1. The van der Waals surface area contributed by atoms with Crippen molar-refractivity contribution >= 4 is 6.08 Å². The van der Waals surface area contributed by atoms with Crippen molar-refractivity contribution in [2.45, 2.75) is 25.4 Å². The van der Waals surface area contributed by atoms with Crippen molar-refractivity contribution in [3.8, 4) is 0 Å². The molecular weight excluding hydrogens is 160 g/mol. The quantitative estimate of drug-likeness (QED) is 0.641. The highest BCUT2D eigenvalue weighted by Gasteiger charge is 2.11. The Kier molecular flexibility index (Phi) is 2.46. The normalized spacial score (nSPS) is 21.8. The van der Waals surface area contributed by atoms with Gasteiger partial charge in [0.25, 0.3) is 0 Å². The first kappa shape index (κ1) is 8.52. The molecule has 1 atom stereocenters. The number of hydrogen-bond acceptors (Lipinski definition) is 1. The summed E-state index contributed by atoms with van der Waals surface area (Å²) in [5.74, 6) is 0. The maximum Gasteiger partial charge on any atom is 0.0795 e. The first-order valence-corrected chi connectivity index (χ1v) is 4.81. The number of hydrogen-bond donors (Lipinski definition) is 1. The van der Waals surface area contributed by atoms with Gasteiger partial charge in [-0.25, -0.2) is 0 Å². The van der Waals surface area contributed by atoms with Crippen molar-refractivity contribution in [2.75, 3.05) is 0 Å². The van der Waals surface area contributed by atoms with Crippen LogP contribution in [0.15, 0.2) is 30.3 Å². The molecule has 0 amide bonds. The molecule has 1 unspecified atom stereocenters. The maximum absolute atomic E-state index is 9.83. The molecular formula is C12H14O. The molecule has 0 saturated carbocycles. The Morgan fingerprint density at radius 2 is 2.08 bits per heavy atom. The first-order valence-electron chi connectivity index (χ1n) is 4.81. The molecule has 0 fully saturated rings. The lowest BCUT2D eigenvalue weighted by molar-refractivity contribution is 0.164. The van der Waals surface area contributed by atoms with E-state index in [1.807, 2.05) is 18.2 Å². The zero-order chi connectivity index (χ0) is 9.10. The molecule has 0 aromatic heterocycles. The molecule has 0 radical (unpaired) electrons. The van der Waals surface area contributed by atoms with Gasteiger partial charge >= 0.3 is 0 Å². The first-order chi connectivity index (χ1) is 6.38. The van der Waals surface area contributed by atoms with Gasteiger partial charge in [0.05, 0.1) is 6.10 Å². The molecule has 0 bridgehead atoms. The van der Waals surface area contributed by atoms with E-state index in [1.165, 1.54) is 0 Å². The number of fused-ring (bicyclic) bond motifs is 1. The van der Waals surface area contributed by atoms with Crippen molar-refractivity contribution in [2.24, 2.45) is 0 Å². The lowest BCUT2D eigenvalue weighted by Gasteiger charge is -2.15. The summed E-state index contributed by atoms with van der Waals surface area (Å²) in [6.07, 6.45) is 7.04. The second kappa shape index (κ2) is 3.75. The molecule has 1 heteroatoms. The second-order valence-corrected chi connectivity index (χ2v) is 3.48. The Morgan fingerprint density at radius 3 is 3.00 bits per heavy atom. The van der Waals surface area contributed by atoms with Crippen LogP contribution in [0, 0.1) is 0 Å². The third-order valence-corrected chi connectivity index (χ3v) is 2.50. The Hall–Kier alpha value is -1.08. The van der Waals surface area contributed by atoms with E-state index in [2.05, 4.69) is 18.2 Å². The van der Waals surface area contributed by atoms with Gasteiger partial charge in [-0.15, -0.1) is 0 Å². The van der Waals surface area contributed by atoms with Crippen LogP contribution in [0.25, 0.3) is 6.08 Å². The minimum absolute atomic E-state index is 0.277. The SMILES string of the molecule is OC1CCCC=Cc2ccccc21. The van der Waals surface area contributed by atoms with Crippen LogP contribution in [0.3, 0.4) is 0 Å². The van der Waals surface area contributed by atoms with Crippen LogP contribution in [-0.2, 0) is 0 Å². The Labute approximate surface area is 78.7 Å². The van der Waals surface area contributed by atoms with E-state index in [1.54, 1.807) is 0 Å². The monoisotopic (exact) mass is 174 g/mol. The summed E-state index contributed by atoms with van der Waals surface area (Å²) < 4.78 is 0. The molecule has 68 valence electrons. The Morgan fingerprint density at radius 1 is 1.23 bits per heavy atom. The van der Waals surface area contributed by atoms with E-state index in [0.717, 1.165) is 30.4 Å². The third-order valence-electron chi connectivity index (χ3n) is 2.50. The predicted molar refractivity (Wildman–Crippen MR) is 54.3 cm³/mol.